The van der Waals surface area contributed by atoms with Gasteiger partial charge in [-0.3, -0.25) is 0 Å². The molecule has 2 saturated heterocycles. The van der Waals surface area contributed by atoms with Crippen LogP contribution in [-0.4, -0.2) is 56.0 Å². The molecule has 0 saturated carbocycles. The third kappa shape index (κ3) is 5.44. The van der Waals surface area contributed by atoms with E-state index in [2.05, 4.69) is 36.5 Å². The first-order valence-corrected chi connectivity index (χ1v) is 9.51. The molecule has 2 aliphatic rings. The summed E-state index contributed by atoms with van der Waals surface area (Å²) in [6.45, 7) is 5.71. The van der Waals surface area contributed by atoms with Crippen LogP contribution in [0.2, 0.25) is 0 Å². The number of aryl methyl sites for hydroxylation is 1. The maximum absolute atomic E-state index is 12.6. The molecular formula is C20H30N2O3. The van der Waals surface area contributed by atoms with Gasteiger partial charge in [0.05, 0.1) is 12.7 Å². The van der Waals surface area contributed by atoms with Gasteiger partial charge in [0.2, 0.25) is 0 Å². The number of morpholine rings is 1. The van der Waals surface area contributed by atoms with E-state index in [0.29, 0.717) is 25.6 Å². The molecule has 2 heterocycles. The molecule has 1 N–H and O–H groups in total. The molecule has 0 bridgehead atoms. The van der Waals surface area contributed by atoms with Crippen LogP contribution in [0.1, 0.15) is 31.7 Å². The normalized spacial score (nSPS) is 23.2. The fourth-order valence-electron chi connectivity index (χ4n) is 3.67. The van der Waals surface area contributed by atoms with Crippen LogP contribution in [0, 0.1) is 5.92 Å². The van der Waals surface area contributed by atoms with Crippen LogP contribution in [0.15, 0.2) is 30.3 Å². The number of rotatable bonds is 5. The quantitative estimate of drug-likeness (QED) is 0.892. The molecule has 0 aliphatic carbocycles. The minimum atomic E-state index is 0.0482. The van der Waals surface area contributed by atoms with Crippen molar-refractivity contribution in [2.75, 3.05) is 32.9 Å². The number of hydrogen-bond donors (Lipinski definition) is 1. The second-order valence-corrected chi connectivity index (χ2v) is 7.15. The molecule has 1 aromatic rings. The van der Waals surface area contributed by atoms with Gasteiger partial charge in [-0.1, -0.05) is 30.3 Å². The smallest absolute Gasteiger partial charge is 0.317 e. The zero-order valence-corrected chi connectivity index (χ0v) is 15.2. The summed E-state index contributed by atoms with van der Waals surface area (Å²) in [5, 5.41) is 3.19. The first kappa shape index (κ1) is 18.2. The lowest BCUT2D eigenvalue weighted by molar-refractivity contribution is -0.0185. The summed E-state index contributed by atoms with van der Waals surface area (Å²) in [5.41, 5.74) is 1.32. The van der Waals surface area contributed by atoms with Crippen molar-refractivity contribution in [3.05, 3.63) is 35.9 Å². The van der Waals surface area contributed by atoms with E-state index in [1.807, 2.05) is 11.0 Å². The molecule has 0 radical (unpaired) electrons. The number of amides is 2. The highest BCUT2D eigenvalue weighted by Crippen LogP contribution is 2.19. The molecule has 5 heteroatoms. The molecule has 2 amide bonds. The van der Waals surface area contributed by atoms with E-state index in [4.69, 9.17) is 9.47 Å². The highest BCUT2D eigenvalue weighted by molar-refractivity contribution is 5.74. The van der Waals surface area contributed by atoms with Gasteiger partial charge in [-0.05, 0) is 44.1 Å². The largest absolute Gasteiger partial charge is 0.381 e. The molecule has 2 atom stereocenters. The van der Waals surface area contributed by atoms with E-state index in [-0.39, 0.29) is 18.2 Å². The van der Waals surface area contributed by atoms with Gasteiger partial charge in [-0.2, -0.15) is 0 Å². The van der Waals surface area contributed by atoms with E-state index in [1.165, 1.54) is 5.56 Å². The van der Waals surface area contributed by atoms with Gasteiger partial charge >= 0.3 is 6.03 Å². The Morgan fingerprint density at radius 2 is 2.00 bits per heavy atom. The minimum Gasteiger partial charge on any atom is -0.381 e. The van der Waals surface area contributed by atoms with Crippen LogP contribution in [0.25, 0.3) is 0 Å². The zero-order chi connectivity index (χ0) is 17.5. The lowest BCUT2D eigenvalue weighted by atomic mass is 9.93. The number of carbonyl (C=O) groups is 1. The summed E-state index contributed by atoms with van der Waals surface area (Å²) in [4.78, 5) is 14.5. The second kappa shape index (κ2) is 9.20. The first-order valence-electron chi connectivity index (χ1n) is 9.51. The summed E-state index contributed by atoms with van der Waals surface area (Å²) >= 11 is 0. The third-order valence-electron chi connectivity index (χ3n) is 5.35. The van der Waals surface area contributed by atoms with Crippen LogP contribution in [0.4, 0.5) is 4.79 Å². The topological polar surface area (TPSA) is 50.8 Å². The van der Waals surface area contributed by atoms with Crippen molar-refractivity contribution >= 4 is 6.03 Å². The van der Waals surface area contributed by atoms with Crippen LogP contribution < -0.4 is 5.32 Å². The molecule has 2 aliphatic heterocycles. The van der Waals surface area contributed by atoms with Gasteiger partial charge in [0, 0.05) is 32.3 Å². The van der Waals surface area contributed by atoms with Gasteiger partial charge in [-0.15, -0.1) is 0 Å². The highest BCUT2D eigenvalue weighted by atomic mass is 16.5. The van der Waals surface area contributed by atoms with E-state index >= 15 is 0 Å². The van der Waals surface area contributed by atoms with Gasteiger partial charge < -0.3 is 19.7 Å². The Hall–Kier alpha value is -1.59. The number of carbonyl (C=O) groups excluding carboxylic acids is 1. The van der Waals surface area contributed by atoms with Crippen LogP contribution in [0.3, 0.4) is 0 Å². The number of hydrogen-bond acceptors (Lipinski definition) is 3. The summed E-state index contributed by atoms with van der Waals surface area (Å²) in [6, 6.07) is 10.7. The highest BCUT2D eigenvalue weighted by Gasteiger charge is 2.27. The summed E-state index contributed by atoms with van der Waals surface area (Å²) in [6.07, 6.45) is 4.12. The Morgan fingerprint density at radius 1 is 1.24 bits per heavy atom. The fraction of sp³-hybridized carbons (Fsp3) is 0.650. The maximum atomic E-state index is 12.6. The van der Waals surface area contributed by atoms with Crippen molar-refractivity contribution in [2.24, 2.45) is 5.92 Å². The van der Waals surface area contributed by atoms with Crippen molar-refractivity contribution < 1.29 is 14.3 Å². The summed E-state index contributed by atoms with van der Waals surface area (Å²) in [5.74, 6) is 0.521. The van der Waals surface area contributed by atoms with Crippen molar-refractivity contribution in [2.45, 2.75) is 44.8 Å². The average molecular weight is 346 g/mol. The Kier molecular flexibility index (Phi) is 6.70. The van der Waals surface area contributed by atoms with Gasteiger partial charge in [0.25, 0.3) is 0 Å². The Balaban J connectivity index is 1.44. The van der Waals surface area contributed by atoms with Gasteiger partial charge in [0.15, 0.2) is 0 Å². The summed E-state index contributed by atoms with van der Waals surface area (Å²) in [7, 11) is 0. The number of nitrogens with zero attached hydrogens (tertiary/aromatic N) is 1. The Bertz CT molecular complexity index is 531. The second-order valence-electron chi connectivity index (χ2n) is 7.15. The molecule has 1 aromatic carbocycles. The predicted octanol–water partition coefficient (Wildman–Crippen LogP) is 2.84. The van der Waals surface area contributed by atoms with Gasteiger partial charge in [0.1, 0.15) is 0 Å². The maximum Gasteiger partial charge on any atom is 0.317 e. The summed E-state index contributed by atoms with van der Waals surface area (Å²) < 4.78 is 11.3. The lowest BCUT2D eigenvalue weighted by Crippen LogP contribution is -2.52. The first-order chi connectivity index (χ1) is 12.2. The molecule has 138 valence electrons. The van der Waals surface area contributed by atoms with Crippen LogP contribution >= 0.6 is 0 Å². The Morgan fingerprint density at radius 3 is 2.76 bits per heavy atom. The standard InChI is InChI=1S/C20H30N2O3/c1-16(18-9-12-24-13-10-18)21-20(23)22-11-14-25-19(15-22)8-7-17-5-3-2-4-6-17/h2-6,16,18-19H,7-15H2,1H3,(H,21,23)/t16-,19+/m0/s1. The van der Waals surface area contributed by atoms with Crippen molar-refractivity contribution in [3.8, 4) is 0 Å². The van der Waals surface area contributed by atoms with Crippen LogP contribution in [0.5, 0.6) is 0 Å². The lowest BCUT2D eigenvalue weighted by Gasteiger charge is -2.35. The number of urea groups is 1. The molecule has 5 nitrogen and oxygen atoms in total. The SMILES string of the molecule is C[C@H](NC(=O)N1CCO[C@H](CCc2ccccc2)C1)C1CCOCC1. The van der Waals surface area contributed by atoms with E-state index in [9.17, 15) is 4.79 Å². The predicted molar refractivity (Wildman–Crippen MR) is 97.6 cm³/mol. The van der Waals surface area contributed by atoms with E-state index < -0.39 is 0 Å². The van der Waals surface area contributed by atoms with Crippen LogP contribution in [-0.2, 0) is 15.9 Å². The van der Waals surface area contributed by atoms with Crippen molar-refractivity contribution in [1.29, 1.82) is 0 Å². The van der Waals surface area contributed by atoms with Gasteiger partial charge in [-0.25, -0.2) is 4.79 Å². The molecular weight excluding hydrogens is 316 g/mol. The molecule has 2 fully saturated rings. The molecule has 3 rings (SSSR count). The zero-order valence-electron chi connectivity index (χ0n) is 15.2. The number of nitrogens with one attached hydrogen (secondary N) is 1. The third-order valence-corrected chi connectivity index (χ3v) is 5.35. The van der Waals surface area contributed by atoms with E-state index in [0.717, 1.165) is 38.9 Å². The molecule has 0 unspecified atom stereocenters. The minimum absolute atomic E-state index is 0.0482. The molecule has 25 heavy (non-hydrogen) atoms. The molecule has 0 aromatic heterocycles. The number of benzene rings is 1. The van der Waals surface area contributed by atoms with Crippen molar-refractivity contribution in [1.82, 2.24) is 10.2 Å². The molecule has 0 spiro atoms. The van der Waals surface area contributed by atoms with Crippen molar-refractivity contribution in [3.63, 3.8) is 0 Å². The Labute approximate surface area is 150 Å². The average Bonchev–Trinajstić information content (AvgIpc) is 2.68. The monoisotopic (exact) mass is 346 g/mol. The number of ether oxygens (including phenoxy) is 2. The fourth-order valence-corrected chi connectivity index (χ4v) is 3.67. The van der Waals surface area contributed by atoms with E-state index in [1.54, 1.807) is 0 Å².